The van der Waals surface area contributed by atoms with Crippen LogP contribution in [0.2, 0.25) is 0 Å². The Morgan fingerprint density at radius 2 is 1.63 bits per heavy atom. The molecule has 7 nitrogen and oxygen atoms in total. The van der Waals surface area contributed by atoms with E-state index in [2.05, 4.69) is 36.8 Å². The van der Waals surface area contributed by atoms with Gasteiger partial charge in [-0.2, -0.15) is 0 Å². The van der Waals surface area contributed by atoms with Crippen molar-refractivity contribution in [3.8, 4) is 17.2 Å². The molecule has 0 saturated carbocycles. The number of non-ortho nitro benzene ring substituents is 1. The molecule has 30 heavy (non-hydrogen) atoms. The van der Waals surface area contributed by atoms with Crippen LogP contribution in [0.4, 0.5) is 11.4 Å². The smallest absolute Gasteiger partial charge is 0.269 e. The molecule has 0 spiro atoms. The molecule has 4 rings (SSSR count). The first-order chi connectivity index (χ1) is 14.2. The number of phenols is 1. The van der Waals surface area contributed by atoms with E-state index in [0.717, 1.165) is 31.2 Å². The van der Waals surface area contributed by atoms with Gasteiger partial charge in [0.25, 0.3) is 5.69 Å². The van der Waals surface area contributed by atoms with E-state index in [1.165, 1.54) is 12.1 Å². The maximum absolute atomic E-state index is 10.6. The highest BCUT2D eigenvalue weighted by Crippen LogP contribution is 2.30. The number of phenolic OH excluding ortho intramolecular Hbond substituents is 1. The highest BCUT2D eigenvalue weighted by atomic mass is 79.9. The van der Waals surface area contributed by atoms with Crippen molar-refractivity contribution >= 4 is 54.3 Å². The topological polar surface area (TPSA) is 115 Å². The van der Waals surface area contributed by atoms with Crippen molar-refractivity contribution in [2.45, 2.75) is 13.8 Å². The van der Waals surface area contributed by atoms with Crippen molar-refractivity contribution in [2.75, 3.05) is 5.73 Å². The minimum absolute atomic E-state index is 0.0452. The highest BCUT2D eigenvalue weighted by Gasteiger charge is 2.12. The highest BCUT2D eigenvalue weighted by molar-refractivity contribution is 9.10. The van der Waals surface area contributed by atoms with Crippen molar-refractivity contribution in [1.29, 1.82) is 0 Å². The van der Waals surface area contributed by atoms with E-state index >= 15 is 0 Å². The van der Waals surface area contributed by atoms with Crippen LogP contribution in [0.3, 0.4) is 0 Å². The van der Waals surface area contributed by atoms with Crippen LogP contribution in [-0.2, 0) is 0 Å². The van der Waals surface area contributed by atoms with Gasteiger partial charge in [-0.25, -0.2) is 4.98 Å². The van der Waals surface area contributed by atoms with Crippen LogP contribution in [0.1, 0.15) is 11.1 Å². The molecular formula is C21H17Br2N3O4. The molecule has 0 atom stereocenters. The predicted molar refractivity (Wildman–Crippen MR) is 123 cm³/mol. The molecule has 3 N–H and O–H groups in total. The fraction of sp³-hybridized carbons (Fsp3) is 0.0952. The number of nitrogens with two attached hydrogens (primary N) is 1. The van der Waals surface area contributed by atoms with Crippen LogP contribution in [-0.4, -0.2) is 15.0 Å². The standard InChI is InChI=1S/C14H9BrN2O3.C7H8BrNO/c1-8-6-10(15)7-12-13(8)20-14(16-12)9-2-4-11(5-3-9)17(18)19;1-4-2-5(8)3-6(9)7(4)10/h2-7H,1H3;2-3,10H,9H2,1H3. The van der Waals surface area contributed by atoms with Gasteiger partial charge in [-0.1, -0.05) is 31.9 Å². The third-order valence-corrected chi connectivity index (χ3v) is 5.18. The van der Waals surface area contributed by atoms with Gasteiger partial charge in [0, 0.05) is 26.6 Å². The molecule has 9 heteroatoms. The quantitative estimate of drug-likeness (QED) is 0.131. The summed E-state index contributed by atoms with van der Waals surface area (Å²) in [5.74, 6) is 0.624. The van der Waals surface area contributed by atoms with E-state index in [4.69, 9.17) is 10.2 Å². The Kier molecular flexibility index (Phi) is 6.42. The molecule has 0 fully saturated rings. The van der Waals surface area contributed by atoms with Crippen LogP contribution < -0.4 is 5.73 Å². The number of hydrogen-bond donors (Lipinski definition) is 2. The number of fused-ring (bicyclic) bond motifs is 1. The summed E-state index contributed by atoms with van der Waals surface area (Å²) in [6.45, 7) is 3.74. The lowest BCUT2D eigenvalue weighted by Gasteiger charge is -2.02. The Hall–Kier alpha value is -2.91. The average Bonchev–Trinajstić information content (AvgIpc) is 3.11. The average molecular weight is 535 g/mol. The second kappa shape index (κ2) is 8.85. The minimum atomic E-state index is -0.433. The van der Waals surface area contributed by atoms with Gasteiger partial charge < -0.3 is 15.3 Å². The van der Waals surface area contributed by atoms with Gasteiger partial charge >= 0.3 is 0 Å². The lowest BCUT2D eigenvalue weighted by Crippen LogP contribution is -1.87. The fourth-order valence-electron chi connectivity index (χ4n) is 2.77. The Labute approximate surface area is 188 Å². The minimum Gasteiger partial charge on any atom is -0.506 e. The number of anilines is 1. The monoisotopic (exact) mass is 533 g/mol. The van der Waals surface area contributed by atoms with Crippen molar-refractivity contribution in [3.05, 3.63) is 78.7 Å². The molecule has 0 unspecified atom stereocenters. The van der Waals surface area contributed by atoms with Crippen LogP contribution in [0.25, 0.3) is 22.6 Å². The summed E-state index contributed by atoms with van der Waals surface area (Å²) in [4.78, 5) is 14.6. The fourth-order valence-corrected chi connectivity index (χ4v) is 3.92. The van der Waals surface area contributed by atoms with E-state index in [-0.39, 0.29) is 11.4 Å². The van der Waals surface area contributed by atoms with Gasteiger partial charge in [-0.3, -0.25) is 10.1 Å². The molecule has 1 aromatic heterocycles. The van der Waals surface area contributed by atoms with E-state index in [1.807, 2.05) is 25.1 Å². The van der Waals surface area contributed by atoms with Gasteiger partial charge in [0.05, 0.1) is 10.6 Å². The lowest BCUT2D eigenvalue weighted by atomic mass is 10.2. The summed E-state index contributed by atoms with van der Waals surface area (Å²) in [6, 6.07) is 13.4. The molecule has 0 aliphatic rings. The largest absolute Gasteiger partial charge is 0.506 e. The molecule has 0 aliphatic heterocycles. The molecule has 3 aromatic carbocycles. The van der Waals surface area contributed by atoms with Crippen LogP contribution in [0.15, 0.2) is 61.9 Å². The van der Waals surface area contributed by atoms with Crippen molar-refractivity contribution < 1.29 is 14.4 Å². The summed E-state index contributed by atoms with van der Waals surface area (Å²) in [5, 5.41) is 19.8. The molecule has 0 saturated heterocycles. The molecular weight excluding hydrogens is 518 g/mol. The third kappa shape index (κ3) is 4.80. The molecule has 0 amide bonds. The first-order valence-electron chi connectivity index (χ1n) is 8.72. The third-order valence-electron chi connectivity index (χ3n) is 4.26. The Morgan fingerprint density at radius 3 is 2.23 bits per heavy atom. The number of aromatic hydroxyl groups is 1. The second-order valence-corrected chi connectivity index (χ2v) is 8.39. The molecule has 0 radical (unpaired) electrons. The zero-order valence-electron chi connectivity index (χ0n) is 16.0. The van der Waals surface area contributed by atoms with Gasteiger partial charge in [-0.05, 0) is 61.4 Å². The van der Waals surface area contributed by atoms with Gasteiger partial charge in [-0.15, -0.1) is 0 Å². The normalized spacial score (nSPS) is 10.5. The Bertz CT molecular complexity index is 1210. The number of aryl methyl sites for hydroxylation is 2. The summed E-state index contributed by atoms with van der Waals surface area (Å²) < 4.78 is 7.56. The van der Waals surface area contributed by atoms with Crippen molar-refractivity contribution in [3.63, 3.8) is 0 Å². The number of aromatic nitrogens is 1. The number of halogens is 2. The SMILES string of the molecule is Cc1cc(Br)cc(N)c1O.Cc1cc(Br)cc2nc(-c3ccc([N+](=O)[O-])cc3)oc12. The Morgan fingerprint density at radius 1 is 1.03 bits per heavy atom. The number of rotatable bonds is 2. The summed E-state index contributed by atoms with van der Waals surface area (Å²) in [6.07, 6.45) is 0. The number of nitro groups is 1. The van der Waals surface area contributed by atoms with E-state index in [1.54, 1.807) is 25.1 Å². The van der Waals surface area contributed by atoms with Gasteiger partial charge in [0.1, 0.15) is 11.3 Å². The lowest BCUT2D eigenvalue weighted by molar-refractivity contribution is -0.384. The van der Waals surface area contributed by atoms with E-state index in [9.17, 15) is 15.2 Å². The summed E-state index contributed by atoms with van der Waals surface area (Å²) >= 11 is 6.67. The summed E-state index contributed by atoms with van der Waals surface area (Å²) in [7, 11) is 0. The second-order valence-electron chi connectivity index (χ2n) is 6.55. The molecule has 1 heterocycles. The van der Waals surface area contributed by atoms with Gasteiger partial charge in [0.2, 0.25) is 5.89 Å². The molecule has 0 aliphatic carbocycles. The Balaban J connectivity index is 0.000000216. The van der Waals surface area contributed by atoms with Gasteiger partial charge in [0.15, 0.2) is 5.58 Å². The molecule has 4 aromatic rings. The zero-order valence-corrected chi connectivity index (χ0v) is 19.2. The molecule has 0 bridgehead atoms. The van der Waals surface area contributed by atoms with Crippen LogP contribution in [0.5, 0.6) is 5.75 Å². The number of nitrogens with zero attached hydrogens (tertiary/aromatic N) is 2. The van der Waals surface area contributed by atoms with E-state index in [0.29, 0.717) is 17.1 Å². The summed E-state index contributed by atoms with van der Waals surface area (Å²) in [5.41, 5.74) is 9.85. The first kappa shape index (κ1) is 21.8. The number of nitrogen functional groups attached to an aromatic ring is 1. The predicted octanol–water partition coefficient (Wildman–Crippen LogP) is 6.52. The zero-order chi connectivity index (χ0) is 22.0. The molecule has 154 valence electrons. The number of oxazole rings is 1. The maximum Gasteiger partial charge on any atom is 0.269 e. The van der Waals surface area contributed by atoms with E-state index < -0.39 is 4.92 Å². The number of hydrogen-bond acceptors (Lipinski definition) is 6. The van der Waals surface area contributed by atoms with Crippen LogP contribution >= 0.6 is 31.9 Å². The van der Waals surface area contributed by atoms with Crippen LogP contribution in [0, 0.1) is 24.0 Å². The number of benzene rings is 3. The maximum atomic E-state index is 10.6. The van der Waals surface area contributed by atoms with Crippen molar-refractivity contribution in [2.24, 2.45) is 0 Å². The first-order valence-corrected chi connectivity index (χ1v) is 10.3. The number of nitro benzene ring substituents is 1. The van der Waals surface area contributed by atoms with Crippen molar-refractivity contribution in [1.82, 2.24) is 4.98 Å².